The molecule has 3 N–H and O–H groups in total. The van der Waals surface area contributed by atoms with Crippen molar-refractivity contribution in [3.63, 3.8) is 0 Å². The summed E-state index contributed by atoms with van der Waals surface area (Å²) >= 11 is 8.91. The van der Waals surface area contributed by atoms with E-state index in [1.807, 2.05) is 72.8 Å². The number of rotatable bonds is 4. The molecule has 4 rings (SSSR count). The van der Waals surface area contributed by atoms with Crippen LogP contribution in [-0.4, -0.2) is 15.1 Å². The molecular formula is C21H16BrN5S. The molecular weight excluding hydrogens is 434 g/mol. The van der Waals surface area contributed by atoms with E-state index in [1.165, 1.54) is 0 Å². The van der Waals surface area contributed by atoms with Gasteiger partial charge >= 0.3 is 0 Å². The third-order valence-electron chi connectivity index (χ3n) is 4.01. The van der Waals surface area contributed by atoms with Crippen molar-refractivity contribution in [3.05, 3.63) is 83.6 Å². The standard InChI is InChI=1S/C21H16BrN5S/c22-14-5-4-8-16(11-14)25-20-18-12-17(9-10-19(18)23-13-24-20)27-21(28)26-15-6-2-1-3-7-15/h1-13H,(H,23,24,25)(H2,26,27,28). The van der Waals surface area contributed by atoms with Crippen molar-refractivity contribution < 1.29 is 0 Å². The molecule has 0 amide bonds. The molecule has 0 spiro atoms. The van der Waals surface area contributed by atoms with Gasteiger partial charge in [-0.05, 0) is 60.7 Å². The Morgan fingerprint density at radius 2 is 1.57 bits per heavy atom. The zero-order valence-electron chi connectivity index (χ0n) is 14.7. The molecule has 0 atom stereocenters. The number of nitrogens with one attached hydrogen (secondary N) is 3. The van der Waals surface area contributed by atoms with Crippen LogP contribution in [0.5, 0.6) is 0 Å². The zero-order valence-corrected chi connectivity index (χ0v) is 17.1. The first kappa shape index (κ1) is 18.3. The highest BCUT2D eigenvalue weighted by atomic mass is 79.9. The van der Waals surface area contributed by atoms with Crippen molar-refractivity contribution >= 4 is 67.0 Å². The van der Waals surface area contributed by atoms with Crippen LogP contribution in [0.25, 0.3) is 10.9 Å². The van der Waals surface area contributed by atoms with Gasteiger partial charge in [0, 0.05) is 26.9 Å². The second-order valence-electron chi connectivity index (χ2n) is 6.03. The number of thiocarbonyl (C=S) groups is 1. The molecule has 0 aliphatic carbocycles. The highest BCUT2D eigenvalue weighted by Crippen LogP contribution is 2.27. The summed E-state index contributed by atoms with van der Waals surface area (Å²) < 4.78 is 0.996. The van der Waals surface area contributed by atoms with E-state index in [0.29, 0.717) is 5.11 Å². The van der Waals surface area contributed by atoms with E-state index >= 15 is 0 Å². The summed E-state index contributed by atoms with van der Waals surface area (Å²) in [6.07, 6.45) is 1.55. The molecule has 7 heteroatoms. The topological polar surface area (TPSA) is 61.9 Å². The molecule has 4 aromatic rings. The second-order valence-corrected chi connectivity index (χ2v) is 7.36. The Labute approximate surface area is 176 Å². The Bertz CT molecular complexity index is 1130. The Kier molecular flexibility index (Phi) is 5.45. The fraction of sp³-hybridized carbons (Fsp3) is 0. The van der Waals surface area contributed by atoms with E-state index < -0.39 is 0 Å². The van der Waals surface area contributed by atoms with Gasteiger partial charge in [0.05, 0.1) is 5.52 Å². The lowest BCUT2D eigenvalue weighted by atomic mass is 10.2. The predicted octanol–water partition coefficient (Wildman–Crippen LogP) is 5.94. The minimum atomic E-state index is 0.517. The van der Waals surface area contributed by atoms with Crippen LogP contribution in [0.3, 0.4) is 0 Å². The van der Waals surface area contributed by atoms with Crippen LogP contribution >= 0.6 is 28.1 Å². The first-order chi connectivity index (χ1) is 13.7. The molecule has 0 saturated carbocycles. The van der Waals surface area contributed by atoms with Crippen LogP contribution in [0.2, 0.25) is 0 Å². The number of halogens is 1. The fourth-order valence-electron chi connectivity index (χ4n) is 2.75. The Morgan fingerprint density at radius 1 is 0.786 bits per heavy atom. The molecule has 1 aromatic heterocycles. The molecule has 28 heavy (non-hydrogen) atoms. The normalized spacial score (nSPS) is 10.5. The van der Waals surface area contributed by atoms with Gasteiger partial charge in [0.1, 0.15) is 12.1 Å². The van der Waals surface area contributed by atoms with Crippen LogP contribution < -0.4 is 16.0 Å². The molecule has 0 bridgehead atoms. The van der Waals surface area contributed by atoms with E-state index in [2.05, 4.69) is 41.8 Å². The third kappa shape index (κ3) is 4.44. The molecule has 0 saturated heterocycles. The first-order valence-corrected chi connectivity index (χ1v) is 9.78. The average Bonchev–Trinajstić information content (AvgIpc) is 2.69. The maximum absolute atomic E-state index is 5.42. The lowest BCUT2D eigenvalue weighted by Gasteiger charge is -2.13. The third-order valence-corrected chi connectivity index (χ3v) is 4.71. The summed E-state index contributed by atoms with van der Waals surface area (Å²) in [4.78, 5) is 8.76. The van der Waals surface area contributed by atoms with Gasteiger partial charge in [-0.3, -0.25) is 0 Å². The lowest BCUT2D eigenvalue weighted by molar-refractivity contribution is 1.22. The Hall–Kier alpha value is -3.03. The molecule has 5 nitrogen and oxygen atoms in total. The van der Waals surface area contributed by atoms with Gasteiger partial charge < -0.3 is 16.0 Å². The fourth-order valence-corrected chi connectivity index (χ4v) is 3.39. The molecule has 0 radical (unpaired) electrons. The van der Waals surface area contributed by atoms with Crippen LogP contribution in [0.15, 0.2) is 83.6 Å². The highest BCUT2D eigenvalue weighted by molar-refractivity contribution is 9.10. The largest absolute Gasteiger partial charge is 0.340 e. The minimum Gasteiger partial charge on any atom is -0.340 e. The van der Waals surface area contributed by atoms with Gasteiger partial charge in [0.25, 0.3) is 0 Å². The van der Waals surface area contributed by atoms with E-state index in [-0.39, 0.29) is 0 Å². The smallest absolute Gasteiger partial charge is 0.175 e. The summed E-state index contributed by atoms with van der Waals surface area (Å²) in [6.45, 7) is 0. The van der Waals surface area contributed by atoms with Crippen molar-refractivity contribution in [2.45, 2.75) is 0 Å². The molecule has 3 aromatic carbocycles. The van der Waals surface area contributed by atoms with Gasteiger partial charge in [-0.2, -0.15) is 0 Å². The number of nitrogens with zero attached hydrogens (tertiary/aromatic N) is 2. The predicted molar refractivity (Wildman–Crippen MR) is 123 cm³/mol. The van der Waals surface area contributed by atoms with Crippen LogP contribution in [0.4, 0.5) is 22.9 Å². The highest BCUT2D eigenvalue weighted by Gasteiger charge is 2.07. The van der Waals surface area contributed by atoms with Gasteiger partial charge in [-0.15, -0.1) is 0 Å². The van der Waals surface area contributed by atoms with Crippen LogP contribution in [-0.2, 0) is 0 Å². The second kappa shape index (κ2) is 8.33. The van der Waals surface area contributed by atoms with Crippen molar-refractivity contribution in [2.24, 2.45) is 0 Å². The summed E-state index contributed by atoms with van der Waals surface area (Å²) in [7, 11) is 0. The SMILES string of the molecule is S=C(Nc1ccccc1)Nc1ccc2ncnc(Nc3cccc(Br)c3)c2c1. The summed E-state index contributed by atoms with van der Waals surface area (Å²) in [6, 6.07) is 23.6. The molecule has 0 aliphatic rings. The summed E-state index contributed by atoms with van der Waals surface area (Å²) in [5.74, 6) is 0.730. The van der Waals surface area contributed by atoms with E-state index in [0.717, 1.165) is 38.3 Å². The zero-order chi connectivity index (χ0) is 19.3. The number of anilines is 4. The number of benzene rings is 3. The van der Waals surface area contributed by atoms with E-state index in [4.69, 9.17) is 12.2 Å². The van der Waals surface area contributed by atoms with Crippen LogP contribution in [0.1, 0.15) is 0 Å². The summed E-state index contributed by atoms with van der Waals surface area (Å²) in [5.41, 5.74) is 3.57. The number of para-hydroxylation sites is 1. The number of hydrogen-bond acceptors (Lipinski definition) is 4. The van der Waals surface area contributed by atoms with Gasteiger partial charge in [-0.25, -0.2) is 9.97 Å². The quantitative estimate of drug-likeness (QED) is 0.334. The van der Waals surface area contributed by atoms with E-state index in [1.54, 1.807) is 6.33 Å². The molecule has 138 valence electrons. The van der Waals surface area contributed by atoms with Crippen LogP contribution in [0, 0.1) is 0 Å². The molecule has 0 unspecified atom stereocenters. The Balaban J connectivity index is 1.58. The van der Waals surface area contributed by atoms with Crippen molar-refractivity contribution in [2.75, 3.05) is 16.0 Å². The number of aromatic nitrogens is 2. The van der Waals surface area contributed by atoms with Gasteiger partial charge in [0.2, 0.25) is 0 Å². The van der Waals surface area contributed by atoms with Gasteiger partial charge in [0.15, 0.2) is 5.11 Å². The number of fused-ring (bicyclic) bond motifs is 1. The van der Waals surface area contributed by atoms with Crippen molar-refractivity contribution in [1.82, 2.24) is 9.97 Å². The van der Waals surface area contributed by atoms with Crippen molar-refractivity contribution in [1.29, 1.82) is 0 Å². The summed E-state index contributed by atoms with van der Waals surface area (Å²) in [5, 5.41) is 11.1. The molecule has 0 aliphatic heterocycles. The monoisotopic (exact) mass is 449 g/mol. The Morgan fingerprint density at radius 3 is 2.39 bits per heavy atom. The first-order valence-electron chi connectivity index (χ1n) is 8.58. The minimum absolute atomic E-state index is 0.517. The number of hydrogen-bond donors (Lipinski definition) is 3. The maximum Gasteiger partial charge on any atom is 0.175 e. The lowest BCUT2D eigenvalue weighted by Crippen LogP contribution is -2.18. The van der Waals surface area contributed by atoms with Gasteiger partial charge in [-0.1, -0.05) is 40.2 Å². The molecule has 0 fully saturated rings. The molecule has 1 heterocycles. The maximum atomic E-state index is 5.42. The van der Waals surface area contributed by atoms with Crippen molar-refractivity contribution in [3.8, 4) is 0 Å². The average molecular weight is 450 g/mol. The van der Waals surface area contributed by atoms with E-state index in [9.17, 15) is 0 Å².